The summed E-state index contributed by atoms with van der Waals surface area (Å²) in [6.45, 7) is 10.4. The maximum Gasteiger partial charge on any atom is 0.350 e. The Kier molecular flexibility index (Phi) is 9.44. The molecule has 216 valence electrons. The number of anilines is 1. The summed E-state index contributed by atoms with van der Waals surface area (Å²) in [6.07, 6.45) is 1.69. The normalized spacial score (nSPS) is 16.2. The fourth-order valence-corrected chi connectivity index (χ4v) is 5.53. The number of aliphatic hydroxyl groups excluding tert-OH is 1. The number of carbonyl (C=O) groups excluding carboxylic acids is 3. The van der Waals surface area contributed by atoms with E-state index in [9.17, 15) is 19.5 Å². The van der Waals surface area contributed by atoms with Crippen LogP contribution in [-0.4, -0.2) is 47.6 Å². The van der Waals surface area contributed by atoms with E-state index >= 15 is 0 Å². The Morgan fingerprint density at radius 3 is 2.22 bits per heavy atom. The predicted octanol–water partition coefficient (Wildman–Crippen LogP) is 6.14. The van der Waals surface area contributed by atoms with Crippen LogP contribution in [0.2, 0.25) is 0 Å². The average Bonchev–Trinajstić information content (AvgIpc) is 3.47. The molecule has 2 aromatic carbocycles. The molecular weight excluding hydrogens is 544 g/mol. The number of Topliss-reactive ketones (excluding diaryl/α,β-unsaturated/α-hetero) is 1. The van der Waals surface area contributed by atoms with Crippen LogP contribution in [-0.2, 0) is 14.3 Å². The van der Waals surface area contributed by atoms with Crippen molar-refractivity contribution in [2.45, 2.75) is 53.5 Å². The summed E-state index contributed by atoms with van der Waals surface area (Å²) in [5.74, 6) is -1.28. The van der Waals surface area contributed by atoms with Crippen molar-refractivity contribution in [3.63, 3.8) is 0 Å². The van der Waals surface area contributed by atoms with E-state index in [1.807, 2.05) is 13.8 Å². The molecule has 3 aromatic rings. The second-order valence-corrected chi connectivity index (χ2v) is 10.5. The minimum absolute atomic E-state index is 0.0758. The first-order valence-corrected chi connectivity index (χ1v) is 14.4. The number of amides is 1. The third-order valence-corrected chi connectivity index (χ3v) is 7.63. The lowest BCUT2D eigenvalue weighted by atomic mass is 9.94. The maximum atomic E-state index is 13.6. The Morgan fingerprint density at radius 1 is 0.976 bits per heavy atom. The molecule has 0 spiro atoms. The third kappa shape index (κ3) is 6.12. The van der Waals surface area contributed by atoms with Crippen molar-refractivity contribution >= 4 is 39.9 Å². The lowest BCUT2D eigenvalue weighted by molar-refractivity contribution is -0.132. The van der Waals surface area contributed by atoms with Crippen LogP contribution >= 0.6 is 11.3 Å². The molecule has 1 saturated heterocycles. The minimum atomic E-state index is -0.994. The highest BCUT2D eigenvalue weighted by Crippen LogP contribution is 2.44. The van der Waals surface area contributed by atoms with E-state index < -0.39 is 23.7 Å². The Hall–Kier alpha value is -4.18. The van der Waals surface area contributed by atoms with E-state index in [1.54, 1.807) is 63.2 Å². The Balaban J connectivity index is 1.86. The van der Waals surface area contributed by atoms with E-state index in [-0.39, 0.29) is 27.9 Å². The van der Waals surface area contributed by atoms with E-state index in [2.05, 4.69) is 4.98 Å². The van der Waals surface area contributed by atoms with Gasteiger partial charge in [-0.25, -0.2) is 9.78 Å². The molecule has 2 heterocycles. The number of carbonyl (C=O) groups is 3. The molecule has 1 aromatic heterocycles. The highest BCUT2D eigenvalue weighted by Gasteiger charge is 2.48. The number of benzene rings is 2. The number of hydrogen-bond donors (Lipinski definition) is 1. The number of aromatic nitrogens is 1. The van der Waals surface area contributed by atoms with Gasteiger partial charge in [0.15, 0.2) is 5.13 Å². The van der Waals surface area contributed by atoms with Gasteiger partial charge in [-0.1, -0.05) is 37.3 Å². The molecule has 41 heavy (non-hydrogen) atoms. The number of thiazole rings is 1. The minimum Gasteiger partial charge on any atom is -0.507 e. The number of aliphatic hydroxyl groups is 1. The first kappa shape index (κ1) is 29.8. The van der Waals surface area contributed by atoms with Crippen LogP contribution in [0.3, 0.4) is 0 Å². The lowest BCUT2D eigenvalue weighted by Crippen LogP contribution is -2.29. The molecule has 0 aliphatic carbocycles. The molecule has 0 radical (unpaired) electrons. The summed E-state index contributed by atoms with van der Waals surface area (Å²) in [5.41, 5.74) is 1.96. The van der Waals surface area contributed by atoms with Crippen molar-refractivity contribution in [2.75, 3.05) is 24.7 Å². The lowest BCUT2D eigenvalue weighted by Gasteiger charge is -2.23. The molecule has 0 saturated carbocycles. The number of rotatable bonds is 11. The van der Waals surface area contributed by atoms with Gasteiger partial charge in [0, 0.05) is 5.56 Å². The third-order valence-electron chi connectivity index (χ3n) is 6.49. The van der Waals surface area contributed by atoms with Crippen LogP contribution in [0.15, 0.2) is 48.0 Å². The smallest absolute Gasteiger partial charge is 0.350 e. The molecule has 1 amide bonds. The van der Waals surface area contributed by atoms with Crippen LogP contribution < -0.4 is 14.4 Å². The predicted molar refractivity (Wildman–Crippen MR) is 157 cm³/mol. The molecule has 1 unspecified atom stereocenters. The second kappa shape index (κ2) is 13.0. The zero-order valence-corrected chi connectivity index (χ0v) is 24.7. The van der Waals surface area contributed by atoms with Crippen molar-refractivity contribution in [3.8, 4) is 11.5 Å². The van der Waals surface area contributed by atoms with Crippen molar-refractivity contribution in [1.82, 2.24) is 4.98 Å². The highest BCUT2D eigenvalue weighted by molar-refractivity contribution is 7.17. The highest BCUT2D eigenvalue weighted by atomic mass is 32.1. The second-order valence-electron chi connectivity index (χ2n) is 9.54. The van der Waals surface area contributed by atoms with E-state index in [0.717, 1.165) is 24.2 Å². The Labute approximate surface area is 243 Å². The molecule has 1 fully saturated rings. The van der Waals surface area contributed by atoms with Crippen LogP contribution in [0.4, 0.5) is 5.13 Å². The van der Waals surface area contributed by atoms with Crippen LogP contribution in [0.1, 0.15) is 71.7 Å². The summed E-state index contributed by atoms with van der Waals surface area (Å²) in [6, 6.07) is 11.2. The van der Waals surface area contributed by atoms with Gasteiger partial charge in [-0.05, 0) is 75.1 Å². The SMILES string of the molecule is CCCOc1ccc(C2C(=C(O)c3ccc(OCCC)cc3C)C(=O)C(=O)N2c2nc(C)c(C(=O)OCC)s2)cc1. The number of esters is 1. The summed E-state index contributed by atoms with van der Waals surface area (Å²) in [4.78, 5) is 45.6. The number of aryl methyl sites for hydroxylation is 2. The molecule has 9 nitrogen and oxygen atoms in total. The van der Waals surface area contributed by atoms with Gasteiger partial charge in [0.25, 0.3) is 5.78 Å². The largest absolute Gasteiger partial charge is 0.507 e. The maximum absolute atomic E-state index is 13.6. The zero-order valence-electron chi connectivity index (χ0n) is 23.9. The first-order valence-electron chi connectivity index (χ1n) is 13.6. The number of ketones is 1. The molecule has 1 N–H and O–H groups in total. The molecule has 4 rings (SSSR count). The topological polar surface area (TPSA) is 115 Å². The molecule has 1 atom stereocenters. The number of ether oxygens (including phenoxy) is 3. The molecule has 1 aliphatic rings. The van der Waals surface area contributed by atoms with Gasteiger partial charge in [0.2, 0.25) is 0 Å². The Morgan fingerprint density at radius 2 is 1.61 bits per heavy atom. The monoisotopic (exact) mass is 578 g/mol. The van der Waals surface area contributed by atoms with Gasteiger partial charge in [0.05, 0.1) is 37.1 Å². The summed E-state index contributed by atoms with van der Waals surface area (Å²) >= 11 is 0.967. The van der Waals surface area contributed by atoms with E-state index in [0.29, 0.717) is 47.1 Å². The van der Waals surface area contributed by atoms with Gasteiger partial charge in [0.1, 0.15) is 22.1 Å². The van der Waals surface area contributed by atoms with Crippen LogP contribution in [0.25, 0.3) is 5.76 Å². The molecular formula is C31H34N2O7S. The van der Waals surface area contributed by atoms with Crippen molar-refractivity contribution in [2.24, 2.45) is 0 Å². The van der Waals surface area contributed by atoms with Gasteiger partial charge in [-0.15, -0.1) is 0 Å². The fraction of sp³-hybridized carbons (Fsp3) is 0.355. The molecule has 10 heteroatoms. The first-order chi connectivity index (χ1) is 19.7. The van der Waals surface area contributed by atoms with Gasteiger partial charge < -0.3 is 19.3 Å². The molecule has 1 aliphatic heterocycles. The van der Waals surface area contributed by atoms with E-state index in [4.69, 9.17) is 14.2 Å². The quantitative estimate of drug-likeness (QED) is 0.125. The average molecular weight is 579 g/mol. The summed E-state index contributed by atoms with van der Waals surface area (Å²) in [7, 11) is 0. The fourth-order valence-electron chi connectivity index (χ4n) is 4.54. The van der Waals surface area contributed by atoms with Crippen molar-refractivity contribution in [3.05, 3.63) is 75.3 Å². The van der Waals surface area contributed by atoms with Crippen LogP contribution in [0, 0.1) is 13.8 Å². The Bertz CT molecular complexity index is 1480. The van der Waals surface area contributed by atoms with E-state index in [1.165, 1.54) is 4.90 Å². The van der Waals surface area contributed by atoms with Crippen molar-refractivity contribution < 1.29 is 33.7 Å². The summed E-state index contributed by atoms with van der Waals surface area (Å²) < 4.78 is 16.6. The van der Waals surface area contributed by atoms with Crippen LogP contribution in [0.5, 0.6) is 11.5 Å². The van der Waals surface area contributed by atoms with Gasteiger partial charge in [-0.2, -0.15) is 0 Å². The number of hydrogen-bond acceptors (Lipinski definition) is 9. The number of nitrogens with zero attached hydrogens (tertiary/aromatic N) is 2. The zero-order chi connectivity index (χ0) is 29.7. The van der Waals surface area contributed by atoms with Gasteiger partial charge >= 0.3 is 11.9 Å². The van der Waals surface area contributed by atoms with Gasteiger partial charge in [-0.3, -0.25) is 14.5 Å². The summed E-state index contributed by atoms with van der Waals surface area (Å²) in [5, 5.41) is 11.7. The standard InChI is InChI=1S/C31H34N2O7S/c1-6-15-39-21-11-9-20(10-12-21)25-24(26(34)23-14-13-22(17-18(23)4)40-16-7-2)27(35)29(36)33(25)31-32-19(5)28(41-31)30(37)38-8-3/h9-14,17,25,34H,6-8,15-16H2,1-5H3. The molecule has 0 bridgehead atoms. The van der Waals surface area contributed by atoms with Crippen molar-refractivity contribution in [1.29, 1.82) is 0 Å².